The molecule has 0 radical (unpaired) electrons. The molecule has 1 aliphatic rings. The quantitative estimate of drug-likeness (QED) is 0.751. The van der Waals surface area contributed by atoms with Crippen molar-refractivity contribution >= 4 is 12.0 Å². The van der Waals surface area contributed by atoms with Gasteiger partial charge >= 0.3 is 0 Å². The molecule has 3 rings (SSSR count). The van der Waals surface area contributed by atoms with Gasteiger partial charge in [0, 0.05) is 12.6 Å². The Morgan fingerprint density at radius 2 is 1.71 bits per heavy atom. The highest BCUT2D eigenvalue weighted by molar-refractivity contribution is 5.74. The summed E-state index contributed by atoms with van der Waals surface area (Å²) in [6, 6.07) is 13.2. The van der Waals surface area contributed by atoms with Gasteiger partial charge in [0.15, 0.2) is 0 Å². The highest BCUT2D eigenvalue weighted by atomic mass is 15.2. The van der Waals surface area contributed by atoms with Crippen LogP contribution in [-0.2, 0) is 5.54 Å². The second kappa shape index (κ2) is 4.73. The zero-order chi connectivity index (χ0) is 15.2. The summed E-state index contributed by atoms with van der Waals surface area (Å²) >= 11 is 0. The fraction of sp³-hybridized carbons (Fsp3) is 0.316. The standard InChI is InChI=1S/C19H22N2/c1-13-9-10-14(2)17(11-13)19(4)16-8-6-7-15(3)18(16)20-12-21(19)5/h6-12H,1-5H3. The van der Waals surface area contributed by atoms with E-state index in [0.717, 1.165) is 5.69 Å². The molecule has 1 unspecified atom stereocenters. The van der Waals surface area contributed by atoms with E-state index >= 15 is 0 Å². The van der Waals surface area contributed by atoms with Crippen molar-refractivity contribution in [3.05, 3.63) is 64.2 Å². The summed E-state index contributed by atoms with van der Waals surface area (Å²) in [5.74, 6) is 0. The molecule has 0 bridgehead atoms. The molecule has 21 heavy (non-hydrogen) atoms. The van der Waals surface area contributed by atoms with Crippen LogP contribution in [-0.4, -0.2) is 18.3 Å². The van der Waals surface area contributed by atoms with Crippen LogP contribution in [0.2, 0.25) is 0 Å². The van der Waals surface area contributed by atoms with Crippen molar-refractivity contribution in [1.29, 1.82) is 0 Å². The molecule has 0 amide bonds. The number of aryl methyl sites for hydroxylation is 3. The lowest BCUT2D eigenvalue weighted by molar-refractivity contribution is 0.290. The molecule has 0 aliphatic carbocycles. The SMILES string of the molecule is Cc1ccc(C)c(C2(C)c3cccc(C)c3N=CN2C)c1. The van der Waals surface area contributed by atoms with E-state index in [1.54, 1.807) is 0 Å². The number of hydrogen-bond donors (Lipinski definition) is 0. The first-order valence-corrected chi connectivity index (χ1v) is 7.39. The van der Waals surface area contributed by atoms with Crippen LogP contribution in [0.5, 0.6) is 0 Å². The van der Waals surface area contributed by atoms with Crippen LogP contribution in [0.1, 0.15) is 34.7 Å². The largest absolute Gasteiger partial charge is 0.352 e. The molecular weight excluding hydrogens is 256 g/mol. The van der Waals surface area contributed by atoms with Crippen molar-refractivity contribution in [2.24, 2.45) is 4.99 Å². The average molecular weight is 278 g/mol. The average Bonchev–Trinajstić information content (AvgIpc) is 2.46. The topological polar surface area (TPSA) is 15.6 Å². The van der Waals surface area contributed by atoms with Crippen LogP contribution in [0.15, 0.2) is 41.4 Å². The molecule has 0 saturated heterocycles. The van der Waals surface area contributed by atoms with E-state index in [-0.39, 0.29) is 5.54 Å². The van der Waals surface area contributed by atoms with E-state index in [2.05, 4.69) is 81.0 Å². The van der Waals surface area contributed by atoms with E-state index in [4.69, 9.17) is 0 Å². The van der Waals surface area contributed by atoms with E-state index < -0.39 is 0 Å². The molecule has 1 atom stereocenters. The van der Waals surface area contributed by atoms with Gasteiger partial charge < -0.3 is 4.90 Å². The van der Waals surface area contributed by atoms with E-state index in [1.165, 1.54) is 27.8 Å². The maximum absolute atomic E-state index is 4.65. The summed E-state index contributed by atoms with van der Waals surface area (Å²) in [5, 5.41) is 0. The van der Waals surface area contributed by atoms with Crippen LogP contribution in [0.3, 0.4) is 0 Å². The van der Waals surface area contributed by atoms with Gasteiger partial charge in [0.05, 0.1) is 17.6 Å². The van der Waals surface area contributed by atoms with Gasteiger partial charge in [-0.3, -0.25) is 0 Å². The number of para-hydroxylation sites is 1. The number of rotatable bonds is 1. The second-order valence-electron chi connectivity index (χ2n) is 6.22. The Labute approximate surface area is 127 Å². The highest BCUT2D eigenvalue weighted by Crippen LogP contribution is 2.44. The second-order valence-corrected chi connectivity index (χ2v) is 6.22. The molecule has 0 aromatic heterocycles. The maximum Gasteiger partial charge on any atom is 0.0919 e. The Kier molecular flexibility index (Phi) is 3.12. The summed E-state index contributed by atoms with van der Waals surface area (Å²) < 4.78 is 0. The molecular formula is C19H22N2. The summed E-state index contributed by atoms with van der Waals surface area (Å²) in [7, 11) is 2.11. The predicted molar refractivity (Wildman–Crippen MR) is 89.5 cm³/mol. The summed E-state index contributed by atoms with van der Waals surface area (Å²) in [5.41, 5.74) is 7.40. The lowest BCUT2D eigenvalue weighted by Gasteiger charge is -2.43. The van der Waals surface area contributed by atoms with Crippen molar-refractivity contribution in [2.45, 2.75) is 33.2 Å². The number of benzene rings is 2. The van der Waals surface area contributed by atoms with Crippen molar-refractivity contribution in [3.8, 4) is 0 Å². The fourth-order valence-electron chi connectivity index (χ4n) is 3.27. The lowest BCUT2D eigenvalue weighted by atomic mass is 9.78. The molecule has 108 valence electrons. The molecule has 2 heteroatoms. The third kappa shape index (κ3) is 1.98. The van der Waals surface area contributed by atoms with Gasteiger partial charge in [-0.1, -0.05) is 42.0 Å². The minimum atomic E-state index is -0.181. The van der Waals surface area contributed by atoms with Gasteiger partial charge in [-0.15, -0.1) is 0 Å². The van der Waals surface area contributed by atoms with Crippen molar-refractivity contribution in [2.75, 3.05) is 7.05 Å². The highest BCUT2D eigenvalue weighted by Gasteiger charge is 2.38. The van der Waals surface area contributed by atoms with Crippen LogP contribution >= 0.6 is 0 Å². The molecule has 0 N–H and O–H groups in total. The first-order valence-electron chi connectivity index (χ1n) is 7.39. The zero-order valence-corrected chi connectivity index (χ0v) is 13.4. The molecule has 1 heterocycles. The number of fused-ring (bicyclic) bond motifs is 1. The van der Waals surface area contributed by atoms with Crippen molar-refractivity contribution < 1.29 is 0 Å². The van der Waals surface area contributed by atoms with Crippen LogP contribution < -0.4 is 0 Å². The van der Waals surface area contributed by atoms with Gasteiger partial charge in [-0.2, -0.15) is 0 Å². The monoisotopic (exact) mass is 278 g/mol. The van der Waals surface area contributed by atoms with Crippen LogP contribution in [0.4, 0.5) is 5.69 Å². The first-order chi connectivity index (χ1) is 9.94. The lowest BCUT2D eigenvalue weighted by Crippen LogP contribution is -2.43. The molecule has 0 spiro atoms. The molecule has 1 aliphatic heterocycles. The Balaban J connectivity index is 2.32. The Hall–Kier alpha value is -2.09. The minimum absolute atomic E-state index is 0.181. The fourth-order valence-corrected chi connectivity index (χ4v) is 3.27. The summed E-state index contributed by atoms with van der Waals surface area (Å²) in [6.45, 7) is 8.76. The van der Waals surface area contributed by atoms with Gasteiger partial charge in [0.25, 0.3) is 0 Å². The third-order valence-corrected chi connectivity index (χ3v) is 4.75. The normalized spacial score (nSPS) is 20.5. The van der Waals surface area contributed by atoms with Gasteiger partial charge in [-0.05, 0) is 44.4 Å². The molecule has 0 saturated carbocycles. The number of hydrogen-bond acceptors (Lipinski definition) is 2. The molecule has 2 aromatic rings. The first kappa shape index (κ1) is 13.9. The van der Waals surface area contributed by atoms with Crippen LogP contribution in [0.25, 0.3) is 0 Å². The Bertz CT molecular complexity index is 730. The van der Waals surface area contributed by atoms with E-state index in [0.29, 0.717) is 0 Å². The van der Waals surface area contributed by atoms with Crippen molar-refractivity contribution in [1.82, 2.24) is 4.90 Å². The van der Waals surface area contributed by atoms with E-state index in [9.17, 15) is 0 Å². The summed E-state index contributed by atoms with van der Waals surface area (Å²) in [4.78, 5) is 6.87. The van der Waals surface area contributed by atoms with E-state index in [1.807, 2.05) is 6.34 Å². The number of nitrogens with zero attached hydrogens (tertiary/aromatic N) is 2. The van der Waals surface area contributed by atoms with Crippen LogP contribution in [0, 0.1) is 20.8 Å². The summed E-state index contributed by atoms with van der Waals surface area (Å²) in [6.07, 6.45) is 1.96. The molecule has 2 aromatic carbocycles. The molecule has 0 fully saturated rings. The Morgan fingerprint density at radius 3 is 2.48 bits per heavy atom. The smallest absolute Gasteiger partial charge is 0.0919 e. The minimum Gasteiger partial charge on any atom is -0.352 e. The van der Waals surface area contributed by atoms with Crippen molar-refractivity contribution in [3.63, 3.8) is 0 Å². The van der Waals surface area contributed by atoms with Gasteiger partial charge in [0.1, 0.15) is 0 Å². The van der Waals surface area contributed by atoms with Gasteiger partial charge in [-0.25, -0.2) is 4.99 Å². The Morgan fingerprint density at radius 1 is 0.952 bits per heavy atom. The maximum atomic E-state index is 4.65. The molecule has 2 nitrogen and oxygen atoms in total. The van der Waals surface area contributed by atoms with Gasteiger partial charge in [0.2, 0.25) is 0 Å². The third-order valence-electron chi connectivity index (χ3n) is 4.75. The predicted octanol–water partition coefficient (Wildman–Crippen LogP) is 4.48. The number of aliphatic imine (C=N–C) groups is 1. The zero-order valence-electron chi connectivity index (χ0n) is 13.4.